The molecule has 1 atom stereocenters. The Morgan fingerprint density at radius 1 is 0.750 bits per heavy atom. The molecule has 3 aromatic carbocycles. The van der Waals surface area contributed by atoms with Crippen LogP contribution in [0.1, 0.15) is 56.9 Å². The lowest BCUT2D eigenvalue weighted by Crippen LogP contribution is -2.43. The van der Waals surface area contributed by atoms with E-state index in [4.69, 9.17) is 9.47 Å². The molecule has 0 saturated carbocycles. The molecule has 0 heterocycles. The van der Waals surface area contributed by atoms with Gasteiger partial charge in [0.05, 0.1) is 19.1 Å². The van der Waals surface area contributed by atoms with Gasteiger partial charge in [-0.3, -0.25) is 9.59 Å². The Morgan fingerprint density at radius 3 is 2.02 bits per heavy atom. The summed E-state index contributed by atoms with van der Waals surface area (Å²) in [5.41, 5.74) is 3.35. The van der Waals surface area contributed by atoms with Crippen LogP contribution in [0.3, 0.4) is 0 Å². The van der Waals surface area contributed by atoms with Gasteiger partial charge >= 0.3 is 5.97 Å². The van der Waals surface area contributed by atoms with Gasteiger partial charge in [-0.25, -0.2) is 0 Å². The maximum absolute atomic E-state index is 12.5. The lowest BCUT2D eigenvalue weighted by atomic mass is 10.1. The van der Waals surface area contributed by atoms with Crippen molar-refractivity contribution in [2.45, 2.75) is 64.0 Å². The van der Waals surface area contributed by atoms with E-state index in [1.165, 1.54) is 11.1 Å². The number of nitrogens with one attached hydrogen (secondary N) is 1. The summed E-state index contributed by atoms with van der Waals surface area (Å²) in [6.07, 6.45) is 6.88. The van der Waals surface area contributed by atoms with Gasteiger partial charge in [0.15, 0.2) is 0 Å². The van der Waals surface area contributed by atoms with Crippen molar-refractivity contribution in [2.75, 3.05) is 27.2 Å². The number of unbranched alkanes of at least 4 members (excludes halogenated alkanes) is 5. The Morgan fingerprint density at radius 2 is 1.35 bits per heavy atom. The standard InChI is InChI=1S/C34H44N2O4/c1-36(2)26-31(25-34(38)40-27-28-15-9-7-10-16-28)35-33(37)19-13-5-3-4-6-14-24-39-32-22-20-30(21-23-32)29-17-11-8-12-18-29/h7-12,15-18,20-23,31H,3-6,13-14,19,24-27H2,1-2H3,(H,35,37)/t31-/m1/s1. The Hall–Kier alpha value is -3.64. The molecule has 0 unspecified atom stereocenters. The van der Waals surface area contributed by atoms with Crippen molar-refractivity contribution in [2.24, 2.45) is 0 Å². The third kappa shape index (κ3) is 12.5. The van der Waals surface area contributed by atoms with Crippen molar-refractivity contribution in [1.29, 1.82) is 0 Å². The van der Waals surface area contributed by atoms with Crippen LogP contribution in [-0.2, 0) is 20.9 Å². The number of esters is 1. The van der Waals surface area contributed by atoms with E-state index in [0.717, 1.165) is 49.8 Å². The van der Waals surface area contributed by atoms with Crippen molar-refractivity contribution in [3.8, 4) is 16.9 Å². The summed E-state index contributed by atoms with van der Waals surface area (Å²) in [7, 11) is 3.86. The molecule has 3 rings (SSSR count). The molecule has 6 nitrogen and oxygen atoms in total. The molecule has 40 heavy (non-hydrogen) atoms. The van der Waals surface area contributed by atoms with Crippen LogP contribution in [-0.4, -0.2) is 50.1 Å². The second-order valence-electron chi connectivity index (χ2n) is 10.5. The number of nitrogens with zero attached hydrogens (tertiary/aromatic N) is 1. The summed E-state index contributed by atoms with van der Waals surface area (Å²) in [5, 5.41) is 3.03. The van der Waals surface area contributed by atoms with Crippen molar-refractivity contribution in [3.63, 3.8) is 0 Å². The third-order valence-electron chi connectivity index (χ3n) is 6.63. The highest BCUT2D eigenvalue weighted by Gasteiger charge is 2.18. The minimum absolute atomic E-state index is 0.00519. The fraction of sp³-hybridized carbons (Fsp3) is 0.412. The summed E-state index contributed by atoms with van der Waals surface area (Å²) in [6.45, 7) is 1.55. The van der Waals surface area contributed by atoms with Crippen LogP contribution in [0.2, 0.25) is 0 Å². The second kappa shape index (κ2) is 17.9. The Bertz CT molecular complexity index is 1120. The van der Waals surface area contributed by atoms with E-state index in [1.807, 2.05) is 79.7 Å². The summed E-state index contributed by atoms with van der Waals surface area (Å²) in [4.78, 5) is 26.8. The van der Waals surface area contributed by atoms with Gasteiger partial charge < -0.3 is 19.7 Å². The first-order valence-corrected chi connectivity index (χ1v) is 14.4. The average Bonchev–Trinajstić information content (AvgIpc) is 2.96. The first-order chi connectivity index (χ1) is 19.5. The first-order valence-electron chi connectivity index (χ1n) is 14.4. The molecule has 0 aliphatic rings. The minimum Gasteiger partial charge on any atom is -0.494 e. The maximum Gasteiger partial charge on any atom is 0.308 e. The molecule has 0 bridgehead atoms. The van der Waals surface area contributed by atoms with Gasteiger partial charge in [0.25, 0.3) is 0 Å². The molecule has 0 radical (unpaired) electrons. The number of carbonyl (C=O) groups is 2. The van der Waals surface area contributed by atoms with Gasteiger partial charge in [-0.2, -0.15) is 0 Å². The van der Waals surface area contributed by atoms with E-state index in [-0.39, 0.29) is 30.9 Å². The molecule has 1 N–H and O–H groups in total. The zero-order chi connectivity index (χ0) is 28.4. The number of carbonyl (C=O) groups excluding carboxylic acids is 2. The summed E-state index contributed by atoms with van der Waals surface area (Å²) in [5.74, 6) is 0.598. The Kier molecular flexibility index (Phi) is 13.8. The number of likely N-dealkylation sites (N-methyl/N-ethyl adjacent to an activating group) is 1. The fourth-order valence-electron chi connectivity index (χ4n) is 4.56. The summed E-state index contributed by atoms with van der Waals surface area (Å²) in [6, 6.07) is 27.9. The predicted octanol–water partition coefficient (Wildman–Crippen LogP) is 6.64. The Balaban J connectivity index is 1.22. The molecule has 0 aliphatic heterocycles. The molecule has 1 amide bonds. The van der Waals surface area contributed by atoms with E-state index < -0.39 is 0 Å². The quantitative estimate of drug-likeness (QED) is 0.144. The zero-order valence-electron chi connectivity index (χ0n) is 24.0. The van der Waals surface area contributed by atoms with Gasteiger partial charge in [-0.05, 0) is 55.8 Å². The van der Waals surface area contributed by atoms with Crippen LogP contribution in [0, 0.1) is 0 Å². The van der Waals surface area contributed by atoms with Crippen LogP contribution < -0.4 is 10.1 Å². The van der Waals surface area contributed by atoms with Crippen molar-refractivity contribution < 1.29 is 19.1 Å². The zero-order valence-corrected chi connectivity index (χ0v) is 24.0. The fourth-order valence-corrected chi connectivity index (χ4v) is 4.56. The van der Waals surface area contributed by atoms with Gasteiger partial charge in [0.2, 0.25) is 5.91 Å². The van der Waals surface area contributed by atoms with Crippen LogP contribution in [0.4, 0.5) is 0 Å². The molecule has 0 fully saturated rings. The number of rotatable bonds is 18. The molecule has 6 heteroatoms. The molecule has 0 saturated heterocycles. The van der Waals surface area contributed by atoms with Crippen LogP contribution in [0.15, 0.2) is 84.9 Å². The molecule has 0 aromatic heterocycles. The van der Waals surface area contributed by atoms with Crippen molar-refractivity contribution in [1.82, 2.24) is 10.2 Å². The number of ether oxygens (including phenoxy) is 2. The lowest BCUT2D eigenvalue weighted by Gasteiger charge is -2.22. The number of hydrogen-bond donors (Lipinski definition) is 1. The SMILES string of the molecule is CN(C)C[C@@H](CC(=O)OCc1ccccc1)NC(=O)CCCCCCCCOc1ccc(-c2ccccc2)cc1. The predicted molar refractivity (Wildman–Crippen MR) is 161 cm³/mol. The molecular weight excluding hydrogens is 500 g/mol. The summed E-state index contributed by atoms with van der Waals surface area (Å²) < 4.78 is 11.3. The van der Waals surface area contributed by atoms with Crippen LogP contribution >= 0.6 is 0 Å². The highest BCUT2D eigenvalue weighted by atomic mass is 16.5. The highest BCUT2D eigenvalue weighted by Crippen LogP contribution is 2.22. The van der Waals surface area contributed by atoms with Gasteiger partial charge in [0.1, 0.15) is 12.4 Å². The molecule has 3 aromatic rings. The van der Waals surface area contributed by atoms with E-state index >= 15 is 0 Å². The van der Waals surface area contributed by atoms with Crippen molar-refractivity contribution in [3.05, 3.63) is 90.5 Å². The van der Waals surface area contributed by atoms with Crippen molar-refractivity contribution >= 4 is 11.9 Å². The topological polar surface area (TPSA) is 67.9 Å². The van der Waals surface area contributed by atoms with Crippen LogP contribution in [0.25, 0.3) is 11.1 Å². The summed E-state index contributed by atoms with van der Waals surface area (Å²) >= 11 is 0. The molecular formula is C34H44N2O4. The molecule has 214 valence electrons. The van der Waals surface area contributed by atoms with E-state index in [2.05, 4.69) is 29.6 Å². The minimum atomic E-state index is -0.302. The van der Waals surface area contributed by atoms with Gasteiger partial charge in [-0.15, -0.1) is 0 Å². The van der Waals surface area contributed by atoms with E-state index in [9.17, 15) is 9.59 Å². The number of amides is 1. The molecule has 0 spiro atoms. The normalized spacial score (nSPS) is 11.7. The lowest BCUT2D eigenvalue weighted by molar-refractivity contribution is -0.145. The van der Waals surface area contributed by atoms with Gasteiger partial charge in [0, 0.05) is 13.0 Å². The molecule has 0 aliphatic carbocycles. The monoisotopic (exact) mass is 544 g/mol. The largest absolute Gasteiger partial charge is 0.494 e. The average molecular weight is 545 g/mol. The smallest absolute Gasteiger partial charge is 0.308 e. The maximum atomic E-state index is 12.5. The Labute approximate surface area is 239 Å². The van der Waals surface area contributed by atoms with E-state index in [1.54, 1.807) is 0 Å². The van der Waals surface area contributed by atoms with Gasteiger partial charge in [-0.1, -0.05) is 98.5 Å². The highest BCUT2D eigenvalue weighted by molar-refractivity contribution is 5.77. The number of benzene rings is 3. The van der Waals surface area contributed by atoms with Crippen LogP contribution in [0.5, 0.6) is 5.75 Å². The van der Waals surface area contributed by atoms with E-state index in [0.29, 0.717) is 19.6 Å². The first kappa shape index (κ1) is 30.9. The number of hydrogen-bond acceptors (Lipinski definition) is 5. The second-order valence-corrected chi connectivity index (χ2v) is 10.5. The third-order valence-corrected chi connectivity index (χ3v) is 6.63.